The van der Waals surface area contributed by atoms with Crippen LogP contribution < -0.4 is 4.74 Å². The number of fused-ring (bicyclic) bond motifs is 1. The highest BCUT2D eigenvalue weighted by Gasteiger charge is 2.09. The van der Waals surface area contributed by atoms with Gasteiger partial charge in [0, 0.05) is 4.70 Å². The fourth-order valence-electron chi connectivity index (χ4n) is 2.74. The standard InChI is InChI=1S/C20H20O3S/c1-23-17-9-6-14(7-10-17)3-2-4-15-5-8-16-12-20(18(22)13-21)24-19(16)11-15/h5-12,21H,2-4,13H2,1H3. The second-order valence-electron chi connectivity index (χ2n) is 5.77. The van der Waals surface area contributed by atoms with Crippen LogP contribution in [-0.2, 0) is 12.8 Å². The molecule has 24 heavy (non-hydrogen) atoms. The van der Waals surface area contributed by atoms with Gasteiger partial charge >= 0.3 is 0 Å². The molecule has 0 fully saturated rings. The number of ketones is 1. The molecule has 0 aliphatic heterocycles. The van der Waals surface area contributed by atoms with Gasteiger partial charge < -0.3 is 9.84 Å². The molecular formula is C20H20O3S. The number of carbonyl (C=O) groups is 1. The molecule has 1 aromatic heterocycles. The van der Waals surface area contributed by atoms with Gasteiger partial charge in [0.1, 0.15) is 12.4 Å². The van der Waals surface area contributed by atoms with Crippen molar-refractivity contribution in [3.05, 3.63) is 64.5 Å². The minimum atomic E-state index is -0.429. The number of aryl methyl sites for hydroxylation is 2. The zero-order valence-corrected chi connectivity index (χ0v) is 14.4. The summed E-state index contributed by atoms with van der Waals surface area (Å²) in [5.74, 6) is 0.674. The second-order valence-corrected chi connectivity index (χ2v) is 6.85. The van der Waals surface area contributed by atoms with Crippen LogP contribution in [0, 0.1) is 0 Å². The maximum absolute atomic E-state index is 11.6. The Morgan fingerprint density at radius 2 is 1.75 bits per heavy atom. The smallest absolute Gasteiger partial charge is 0.198 e. The van der Waals surface area contributed by atoms with Crippen molar-refractivity contribution in [3.63, 3.8) is 0 Å². The van der Waals surface area contributed by atoms with Crippen molar-refractivity contribution in [2.45, 2.75) is 19.3 Å². The van der Waals surface area contributed by atoms with Gasteiger partial charge in [-0.05, 0) is 60.0 Å². The number of aliphatic hydroxyl groups excluding tert-OH is 1. The van der Waals surface area contributed by atoms with Gasteiger partial charge in [-0.15, -0.1) is 11.3 Å². The zero-order valence-electron chi connectivity index (χ0n) is 13.6. The van der Waals surface area contributed by atoms with Gasteiger partial charge in [-0.2, -0.15) is 0 Å². The minimum Gasteiger partial charge on any atom is -0.497 e. The van der Waals surface area contributed by atoms with E-state index in [1.54, 1.807) is 7.11 Å². The highest BCUT2D eigenvalue weighted by Crippen LogP contribution is 2.27. The number of rotatable bonds is 7. The zero-order chi connectivity index (χ0) is 16.9. The molecule has 0 aliphatic carbocycles. The van der Waals surface area contributed by atoms with E-state index in [1.165, 1.54) is 22.5 Å². The first-order valence-corrected chi connectivity index (χ1v) is 8.80. The molecule has 3 nitrogen and oxygen atoms in total. The van der Waals surface area contributed by atoms with Crippen LogP contribution in [0.1, 0.15) is 27.2 Å². The fourth-order valence-corrected chi connectivity index (χ4v) is 3.79. The van der Waals surface area contributed by atoms with Crippen molar-refractivity contribution < 1.29 is 14.6 Å². The van der Waals surface area contributed by atoms with Crippen LogP contribution in [0.4, 0.5) is 0 Å². The maximum atomic E-state index is 11.6. The number of ether oxygens (including phenoxy) is 1. The Morgan fingerprint density at radius 3 is 2.46 bits per heavy atom. The van der Waals surface area contributed by atoms with Gasteiger partial charge in [0.25, 0.3) is 0 Å². The number of hydrogen-bond donors (Lipinski definition) is 1. The van der Waals surface area contributed by atoms with Crippen LogP contribution in [0.5, 0.6) is 5.75 Å². The van der Waals surface area contributed by atoms with E-state index in [0.29, 0.717) is 4.88 Å². The number of carbonyl (C=O) groups excluding carboxylic acids is 1. The van der Waals surface area contributed by atoms with Crippen LogP contribution in [-0.4, -0.2) is 24.6 Å². The first-order chi connectivity index (χ1) is 11.7. The number of methoxy groups -OCH3 is 1. The molecule has 0 amide bonds. The first kappa shape index (κ1) is 16.7. The summed E-state index contributed by atoms with van der Waals surface area (Å²) in [5, 5.41) is 10.0. The molecule has 1 heterocycles. The van der Waals surface area contributed by atoms with Gasteiger partial charge in [0.05, 0.1) is 12.0 Å². The highest BCUT2D eigenvalue weighted by atomic mass is 32.1. The van der Waals surface area contributed by atoms with Crippen molar-refractivity contribution in [2.75, 3.05) is 13.7 Å². The summed E-state index contributed by atoms with van der Waals surface area (Å²) in [4.78, 5) is 12.2. The number of benzene rings is 2. The Hall–Kier alpha value is -2.17. The number of hydrogen-bond acceptors (Lipinski definition) is 4. The average Bonchev–Trinajstić information content (AvgIpc) is 3.05. The van der Waals surface area contributed by atoms with Crippen LogP contribution >= 0.6 is 11.3 Å². The molecule has 0 spiro atoms. The normalized spacial score (nSPS) is 10.9. The molecule has 0 atom stereocenters. The van der Waals surface area contributed by atoms with Crippen LogP contribution in [0.3, 0.4) is 0 Å². The Bertz CT molecular complexity index is 834. The molecule has 124 valence electrons. The van der Waals surface area contributed by atoms with E-state index in [0.717, 1.165) is 35.1 Å². The minimum absolute atomic E-state index is 0.211. The lowest BCUT2D eigenvalue weighted by atomic mass is 10.0. The molecule has 0 bridgehead atoms. The predicted octanol–water partition coefficient (Wildman–Crippen LogP) is 4.26. The monoisotopic (exact) mass is 340 g/mol. The number of thiophene rings is 1. The van der Waals surface area contributed by atoms with E-state index < -0.39 is 6.61 Å². The van der Waals surface area contributed by atoms with Gasteiger partial charge in [-0.3, -0.25) is 4.79 Å². The van der Waals surface area contributed by atoms with Gasteiger partial charge in [-0.1, -0.05) is 24.3 Å². The predicted molar refractivity (Wildman–Crippen MR) is 98.3 cm³/mol. The third-order valence-electron chi connectivity index (χ3n) is 4.09. The van der Waals surface area contributed by atoms with E-state index in [4.69, 9.17) is 9.84 Å². The van der Waals surface area contributed by atoms with E-state index in [-0.39, 0.29) is 5.78 Å². The van der Waals surface area contributed by atoms with Crippen LogP contribution in [0.15, 0.2) is 48.5 Å². The van der Waals surface area contributed by atoms with Crippen molar-refractivity contribution >= 4 is 27.2 Å². The molecule has 3 aromatic rings. The lowest BCUT2D eigenvalue weighted by Gasteiger charge is -2.04. The Balaban J connectivity index is 1.63. The lowest BCUT2D eigenvalue weighted by Crippen LogP contribution is -2.00. The summed E-state index contributed by atoms with van der Waals surface area (Å²) in [6.45, 7) is -0.429. The van der Waals surface area contributed by atoms with Crippen molar-refractivity contribution in [1.29, 1.82) is 0 Å². The SMILES string of the molecule is COc1ccc(CCCc2ccc3cc(C(=O)CO)sc3c2)cc1. The van der Waals surface area contributed by atoms with Gasteiger partial charge in [0.2, 0.25) is 0 Å². The Labute approximate surface area is 145 Å². The summed E-state index contributed by atoms with van der Waals surface area (Å²) in [6, 6.07) is 16.4. The summed E-state index contributed by atoms with van der Waals surface area (Å²) in [7, 11) is 1.68. The Kier molecular flexibility index (Phi) is 5.28. The molecular weight excluding hydrogens is 320 g/mol. The molecule has 3 rings (SSSR count). The highest BCUT2D eigenvalue weighted by molar-refractivity contribution is 7.20. The van der Waals surface area contributed by atoms with Crippen molar-refractivity contribution in [3.8, 4) is 5.75 Å². The largest absolute Gasteiger partial charge is 0.497 e. The molecule has 1 N–H and O–H groups in total. The molecule has 0 unspecified atom stereocenters. The van der Waals surface area contributed by atoms with Crippen molar-refractivity contribution in [1.82, 2.24) is 0 Å². The molecule has 0 aliphatic rings. The molecule has 0 radical (unpaired) electrons. The topological polar surface area (TPSA) is 46.5 Å². The van der Waals surface area contributed by atoms with Gasteiger partial charge in [-0.25, -0.2) is 0 Å². The third kappa shape index (κ3) is 3.83. The number of aliphatic hydroxyl groups is 1. The van der Waals surface area contributed by atoms with E-state index in [9.17, 15) is 4.79 Å². The van der Waals surface area contributed by atoms with Gasteiger partial charge in [0.15, 0.2) is 5.78 Å². The Morgan fingerprint density at radius 1 is 1.04 bits per heavy atom. The third-order valence-corrected chi connectivity index (χ3v) is 5.23. The second kappa shape index (κ2) is 7.60. The number of Topliss-reactive ketones (excluding diaryl/α,β-unsaturated/α-hetero) is 1. The summed E-state index contributed by atoms with van der Waals surface area (Å²) >= 11 is 1.45. The van der Waals surface area contributed by atoms with Crippen LogP contribution in [0.2, 0.25) is 0 Å². The fraction of sp³-hybridized carbons (Fsp3) is 0.250. The summed E-state index contributed by atoms with van der Waals surface area (Å²) in [6.07, 6.45) is 3.11. The van der Waals surface area contributed by atoms with E-state index in [1.807, 2.05) is 18.2 Å². The summed E-state index contributed by atoms with van der Waals surface area (Å²) < 4.78 is 6.28. The van der Waals surface area contributed by atoms with Crippen LogP contribution in [0.25, 0.3) is 10.1 Å². The molecule has 0 saturated heterocycles. The molecule has 4 heteroatoms. The van der Waals surface area contributed by atoms with Crippen molar-refractivity contribution in [2.24, 2.45) is 0 Å². The lowest BCUT2D eigenvalue weighted by molar-refractivity contribution is 0.0908. The molecule has 2 aromatic carbocycles. The van der Waals surface area contributed by atoms with E-state index in [2.05, 4.69) is 30.3 Å². The first-order valence-electron chi connectivity index (χ1n) is 7.99. The van der Waals surface area contributed by atoms with E-state index >= 15 is 0 Å². The quantitative estimate of drug-likeness (QED) is 0.654. The maximum Gasteiger partial charge on any atom is 0.198 e. The molecule has 0 saturated carbocycles. The summed E-state index contributed by atoms with van der Waals surface area (Å²) in [5.41, 5.74) is 2.59. The average molecular weight is 340 g/mol.